The molecule has 0 unspecified atom stereocenters. The molecule has 120 valence electrons. The van der Waals surface area contributed by atoms with Crippen molar-refractivity contribution < 1.29 is 4.79 Å². The van der Waals surface area contributed by atoms with Gasteiger partial charge in [0.1, 0.15) is 16.4 Å². The molecule has 4 aromatic rings. The van der Waals surface area contributed by atoms with E-state index in [1.807, 2.05) is 59.4 Å². The minimum atomic E-state index is -0.119. The summed E-state index contributed by atoms with van der Waals surface area (Å²) in [7, 11) is 0. The second kappa shape index (κ2) is 5.98. The lowest BCUT2D eigenvalue weighted by Gasteiger charge is -2.02. The third-order valence-corrected chi connectivity index (χ3v) is 4.15. The molecule has 0 bridgehead atoms. The summed E-state index contributed by atoms with van der Waals surface area (Å²) < 4.78 is 3.67. The van der Waals surface area contributed by atoms with Gasteiger partial charge in [0.05, 0.1) is 24.4 Å². The lowest BCUT2D eigenvalue weighted by atomic mass is 10.3. The fraction of sp³-hybridized carbons (Fsp3) is 0.118. The van der Waals surface area contributed by atoms with Crippen LogP contribution in [0.4, 0.5) is 0 Å². The molecule has 6 nitrogen and oxygen atoms in total. The average Bonchev–Trinajstić information content (AvgIpc) is 3.14. The van der Waals surface area contributed by atoms with E-state index in [-0.39, 0.29) is 18.9 Å². The summed E-state index contributed by atoms with van der Waals surface area (Å²) in [6.07, 6.45) is 5.81. The number of hydrogen-bond donors (Lipinski definition) is 1. The molecule has 0 saturated carbocycles. The lowest BCUT2D eigenvalue weighted by Crippen LogP contribution is -2.25. The van der Waals surface area contributed by atoms with Crippen LogP contribution in [0.5, 0.6) is 0 Å². The van der Waals surface area contributed by atoms with Crippen LogP contribution < -0.4 is 5.32 Å². The van der Waals surface area contributed by atoms with Crippen molar-refractivity contribution in [1.29, 1.82) is 0 Å². The predicted octanol–water partition coefficient (Wildman–Crippen LogP) is 2.49. The van der Waals surface area contributed by atoms with Gasteiger partial charge >= 0.3 is 0 Å². The fourth-order valence-electron chi connectivity index (χ4n) is 2.61. The van der Waals surface area contributed by atoms with Crippen LogP contribution >= 0.6 is 11.6 Å². The Morgan fingerprint density at radius 2 is 1.88 bits per heavy atom. The van der Waals surface area contributed by atoms with Crippen LogP contribution in [0.15, 0.2) is 55.0 Å². The third-order valence-electron chi connectivity index (χ3n) is 3.75. The SMILES string of the molecule is O=C(Cc1cn2ccccc2n1)NCc1nc2ccccn2c1Cl. The van der Waals surface area contributed by atoms with E-state index in [0.29, 0.717) is 10.8 Å². The molecule has 0 aliphatic heterocycles. The number of halogens is 1. The zero-order valence-corrected chi connectivity index (χ0v) is 13.4. The van der Waals surface area contributed by atoms with Crippen LogP contribution in [0, 0.1) is 0 Å². The normalized spacial score (nSPS) is 11.2. The number of amides is 1. The minimum Gasteiger partial charge on any atom is -0.350 e. The maximum Gasteiger partial charge on any atom is 0.226 e. The van der Waals surface area contributed by atoms with Gasteiger partial charge in [0, 0.05) is 18.6 Å². The number of nitrogens with zero attached hydrogens (tertiary/aromatic N) is 4. The summed E-state index contributed by atoms with van der Waals surface area (Å²) in [5, 5.41) is 3.36. The molecule has 0 fully saturated rings. The molecule has 1 N–H and O–H groups in total. The number of rotatable bonds is 4. The first-order valence-corrected chi connectivity index (χ1v) is 7.89. The molecule has 4 heterocycles. The minimum absolute atomic E-state index is 0.119. The molecule has 0 aliphatic carbocycles. The van der Waals surface area contributed by atoms with Gasteiger partial charge in [-0.25, -0.2) is 9.97 Å². The molecule has 0 spiro atoms. The molecular formula is C17H14ClN5O. The first-order chi connectivity index (χ1) is 11.7. The molecule has 0 aromatic carbocycles. The number of fused-ring (bicyclic) bond motifs is 2. The van der Waals surface area contributed by atoms with E-state index in [2.05, 4.69) is 15.3 Å². The zero-order chi connectivity index (χ0) is 16.5. The summed E-state index contributed by atoms with van der Waals surface area (Å²) >= 11 is 6.29. The number of nitrogens with one attached hydrogen (secondary N) is 1. The highest BCUT2D eigenvalue weighted by Gasteiger charge is 2.12. The van der Waals surface area contributed by atoms with Gasteiger partial charge in [-0.3, -0.25) is 9.20 Å². The highest BCUT2D eigenvalue weighted by Crippen LogP contribution is 2.17. The van der Waals surface area contributed by atoms with E-state index in [9.17, 15) is 4.79 Å². The van der Waals surface area contributed by atoms with Crippen molar-refractivity contribution in [1.82, 2.24) is 24.1 Å². The van der Waals surface area contributed by atoms with Crippen LogP contribution in [0.25, 0.3) is 11.3 Å². The van der Waals surface area contributed by atoms with Crippen LogP contribution in [0.3, 0.4) is 0 Å². The van der Waals surface area contributed by atoms with E-state index in [1.165, 1.54) is 0 Å². The number of carbonyl (C=O) groups excluding carboxylic acids is 1. The molecule has 0 aliphatic rings. The molecule has 0 saturated heterocycles. The molecule has 4 rings (SSSR count). The summed E-state index contributed by atoms with van der Waals surface area (Å²) in [6, 6.07) is 11.4. The van der Waals surface area contributed by atoms with Crippen molar-refractivity contribution in [2.24, 2.45) is 0 Å². The number of pyridine rings is 2. The van der Waals surface area contributed by atoms with Gasteiger partial charge in [-0.05, 0) is 24.3 Å². The number of imidazole rings is 2. The van der Waals surface area contributed by atoms with Crippen LogP contribution in [0.2, 0.25) is 5.15 Å². The topological polar surface area (TPSA) is 63.7 Å². The molecule has 0 radical (unpaired) electrons. The van der Waals surface area contributed by atoms with E-state index < -0.39 is 0 Å². The van der Waals surface area contributed by atoms with Gasteiger partial charge in [0.25, 0.3) is 0 Å². The summed E-state index contributed by atoms with van der Waals surface area (Å²) in [4.78, 5) is 21.0. The van der Waals surface area contributed by atoms with Crippen molar-refractivity contribution in [2.75, 3.05) is 0 Å². The first kappa shape index (κ1) is 14.7. The predicted molar refractivity (Wildman–Crippen MR) is 90.9 cm³/mol. The Kier molecular flexibility index (Phi) is 3.66. The largest absolute Gasteiger partial charge is 0.350 e. The highest BCUT2D eigenvalue weighted by atomic mass is 35.5. The van der Waals surface area contributed by atoms with E-state index >= 15 is 0 Å². The first-order valence-electron chi connectivity index (χ1n) is 7.51. The summed E-state index contributed by atoms with van der Waals surface area (Å²) in [5.74, 6) is -0.119. The molecule has 0 atom stereocenters. The average molecular weight is 340 g/mol. The summed E-state index contributed by atoms with van der Waals surface area (Å²) in [5.41, 5.74) is 2.95. The Bertz CT molecular complexity index is 1000. The maximum atomic E-state index is 12.2. The molecule has 7 heteroatoms. The zero-order valence-electron chi connectivity index (χ0n) is 12.7. The van der Waals surface area contributed by atoms with Gasteiger partial charge in [-0.1, -0.05) is 23.7 Å². The Hall–Kier alpha value is -2.86. The van der Waals surface area contributed by atoms with Crippen molar-refractivity contribution in [2.45, 2.75) is 13.0 Å². The third kappa shape index (κ3) is 2.72. The Balaban J connectivity index is 1.45. The standard InChI is InChI=1S/C17H14ClN5O/c18-17-13(21-15-6-2-4-8-23(15)17)10-19-16(24)9-12-11-22-7-3-1-5-14(22)20-12/h1-8,11H,9-10H2,(H,19,24). The molecule has 4 aromatic heterocycles. The highest BCUT2D eigenvalue weighted by molar-refractivity contribution is 6.30. The van der Waals surface area contributed by atoms with Crippen molar-refractivity contribution in [3.8, 4) is 0 Å². The number of hydrogen-bond acceptors (Lipinski definition) is 3. The van der Waals surface area contributed by atoms with Gasteiger partial charge in [0.2, 0.25) is 5.91 Å². The summed E-state index contributed by atoms with van der Waals surface area (Å²) in [6.45, 7) is 0.284. The molecule has 24 heavy (non-hydrogen) atoms. The van der Waals surface area contributed by atoms with Gasteiger partial charge < -0.3 is 9.72 Å². The van der Waals surface area contributed by atoms with E-state index in [1.54, 1.807) is 4.40 Å². The van der Waals surface area contributed by atoms with Gasteiger partial charge in [0.15, 0.2) is 0 Å². The van der Waals surface area contributed by atoms with Gasteiger partial charge in [-0.15, -0.1) is 0 Å². The van der Waals surface area contributed by atoms with E-state index in [0.717, 1.165) is 17.0 Å². The number of aromatic nitrogens is 4. The smallest absolute Gasteiger partial charge is 0.226 e. The fourth-order valence-corrected chi connectivity index (χ4v) is 2.86. The molecule has 1 amide bonds. The van der Waals surface area contributed by atoms with Crippen LogP contribution in [-0.2, 0) is 17.8 Å². The molecular weight excluding hydrogens is 326 g/mol. The Morgan fingerprint density at radius 3 is 2.67 bits per heavy atom. The second-order valence-corrected chi connectivity index (χ2v) is 5.79. The number of carbonyl (C=O) groups is 1. The van der Waals surface area contributed by atoms with Crippen LogP contribution in [0.1, 0.15) is 11.4 Å². The maximum absolute atomic E-state index is 12.2. The van der Waals surface area contributed by atoms with Crippen molar-refractivity contribution in [3.05, 3.63) is 71.5 Å². The quantitative estimate of drug-likeness (QED) is 0.621. The van der Waals surface area contributed by atoms with Crippen molar-refractivity contribution >= 4 is 28.8 Å². The Labute approximate surface area is 142 Å². The van der Waals surface area contributed by atoms with Crippen molar-refractivity contribution in [3.63, 3.8) is 0 Å². The monoisotopic (exact) mass is 339 g/mol. The van der Waals surface area contributed by atoms with Crippen LogP contribution in [-0.4, -0.2) is 24.7 Å². The van der Waals surface area contributed by atoms with E-state index in [4.69, 9.17) is 11.6 Å². The lowest BCUT2D eigenvalue weighted by molar-refractivity contribution is -0.120. The Morgan fingerprint density at radius 1 is 1.08 bits per heavy atom. The second-order valence-electron chi connectivity index (χ2n) is 5.43. The van der Waals surface area contributed by atoms with Gasteiger partial charge in [-0.2, -0.15) is 0 Å².